The maximum atomic E-state index is 13.1. The third-order valence-corrected chi connectivity index (χ3v) is 5.20. The standard InChI is InChI=1S/C23H30N2O3/c1-17(2)28-22-10-5-4-9-21(22)18-7-6-8-19(15-18)23(27)25-13-12-24(3)20(16-25)11-14-26/h4-10,15,17,20,26H,11-14,16H2,1-3H3/t20-/m1/s1. The number of rotatable bonds is 6. The number of hydrogen-bond donors (Lipinski definition) is 1. The Labute approximate surface area is 167 Å². The summed E-state index contributed by atoms with van der Waals surface area (Å²) >= 11 is 0. The molecule has 0 aromatic heterocycles. The van der Waals surface area contributed by atoms with Crippen LogP contribution in [0, 0.1) is 0 Å². The van der Waals surface area contributed by atoms with Gasteiger partial charge in [-0.3, -0.25) is 9.69 Å². The quantitative estimate of drug-likeness (QED) is 0.833. The summed E-state index contributed by atoms with van der Waals surface area (Å²) < 4.78 is 5.94. The summed E-state index contributed by atoms with van der Waals surface area (Å²) in [6.45, 7) is 6.32. The van der Waals surface area contributed by atoms with Crippen LogP contribution in [0.1, 0.15) is 30.6 Å². The Balaban J connectivity index is 1.83. The van der Waals surface area contributed by atoms with Gasteiger partial charge >= 0.3 is 0 Å². The second-order valence-electron chi connectivity index (χ2n) is 7.64. The van der Waals surface area contributed by atoms with E-state index in [2.05, 4.69) is 11.9 Å². The zero-order valence-electron chi connectivity index (χ0n) is 17.0. The van der Waals surface area contributed by atoms with Crippen molar-refractivity contribution in [2.75, 3.05) is 33.3 Å². The Morgan fingerprint density at radius 3 is 2.71 bits per heavy atom. The summed E-state index contributed by atoms with van der Waals surface area (Å²) in [5, 5.41) is 9.29. The van der Waals surface area contributed by atoms with Crippen LogP contribution in [0.4, 0.5) is 0 Å². The van der Waals surface area contributed by atoms with Crippen molar-refractivity contribution in [3.05, 3.63) is 54.1 Å². The zero-order valence-corrected chi connectivity index (χ0v) is 17.0. The van der Waals surface area contributed by atoms with Crippen molar-refractivity contribution in [2.24, 2.45) is 0 Å². The smallest absolute Gasteiger partial charge is 0.253 e. The zero-order chi connectivity index (χ0) is 20.1. The van der Waals surface area contributed by atoms with E-state index in [1.165, 1.54) is 0 Å². The Kier molecular flexibility index (Phi) is 6.70. The number of nitrogens with zero attached hydrogens (tertiary/aromatic N) is 2. The van der Waals surface area contributed by atoms with Gasteiger partial charge in [-0.25, -0.2) is 0 Å². The van der Waals surface area contributed by atoms with E-state index in [0.29, 0.717) is 25.1 Å². The SMILES string of the molecule is CC(C)Oc1ccccc1-c1cccc(C(=O)N2CCN(C)[C@H](CCO)C2)c1. The van der Waals surface area contributed by atoms with Crippen LogP contribution in [0.2, 0.25) is 0 Å². The number of aliphatic hydroxyl groups excluding tert-OH is 1. The first-order chi connectivity index (χ1) is 13.5. The molecule has 1 saturated heterocycles. The molecule has 1 atom stereocenters. The van der Waals surface area contributed by atoms with Crippen molar-refractivity contribution < 1.29 is 14.6 Å². The van der Waals surface area contributed by atoms with Gasteiger partial charge in [0, 0.05) is 43.4 Å². The van der Waals surface area contributed by atoms with Crippen molar-refractivity contribution in [3.63, 3.8) is 0 Å². The molecule has 1 N–H and O–H groups in total. The van der Waals surface area contributed by atoms with Gasteiger partial charge in [0.15, 0.2) is 0 Å². The number of hydrogen-bond acceptors (Lipinski definition) is 4. The lowest BCUT2D eigenvalue weighted by Gasteiger charge is -2.39. The molecule has 5 heteroatoms. The molecule has 1 heterocycles. The average molecular weight is 383 g/mol. The monoisotopic (exact) mass is 382 g/mol. The van der Waals surface area contributed by atoms with Gasteiger partial charge in [-0.1, -0.05) is 30.3 Å². The molecule has 0 unspecified atom stereocenters. The van der Waals surface area contributed by atoms with Crippen LogP contribution < -0.4 is 4.74 Å². The molecule has 3 rings (SSSR count). The van der Waals surface area contributed by atoms with Gasteiger partial charge < -0.3 is 14.7 Å². The molecule has 0 bridgehead atoms. The Hall–Kier alpha value is -2.37. The topological polar surface area (TPSA) is 53.0 Å². The number of carbonyl (C=O) groups is 1. The van der Waals surface area contributed by atoms with Crippen LogP contribution >= 0.6 is 0 Å². The van der Waals surface area contributed by atoms with Gasteiger partial charge in [-0.2, -0.15) is 0 Å². The Bertz CT molecular complexity index is 806. The van der Waals surface area contributed by atoms with E-state index in [4.69, 9.17) is 4.74 Å². The molecule has 0 saturated carbocycles. The molecule has 2 aromatic rings. The predicted octanol–water partition coefficient (Wildman–Crippen LogP) is 3.28. The van der Waals surface area contributed by atoms with Crippen LogP contribution in [-0.4, -0.2) is 66.2 Å². The largest absolute Gasteiger partial charge is 0.490 e. The summed E-state index contributed by atoms with van der Waals surface area (Å²) in [6.07, 6.45) is 0.764. The van der Waals surface area contributed by atoms with E-state index < -0.39 is 0 Å². The molecule has 0 aliphatic carbocycles. The fourth-order valence-corrected chi connectivity index (χ4v) is 3.66. The van der Waals surface area contributed by atoms with Gasteiger partial charge in [0.2, 0.25) is 0 Å². The maximum absolute atomic E-state index is 13.1. The van der Waals surface area contributed by atoms with Gasteiger partial charge in [-0.05, 0) is 51.1 Å². The molecular formula is C23H30N2O3. The molecular weight excluding hydrogens is 352 g/mol. The summed E-state index contributed by atoms with van der Waals surface area (Å²) in [6, 6.07) is 15.9. The van der Waals surface area contributed by atoms with E-state index in [1.807, 2.05) is 67.3 Å². The lowest BCUT2D eigenvalue weighted by molar-refractivity contribution is 0.0500. The molecule has 1 aliphatic rings. The Morgan fingerprint density at radius 1 is 1.18 bits per heavy atom. The Morgan fingerprint density at radius 2 is 1.96 bits per heavy atom. The highest BCUT2D eigenvalue weighted by Crippen LogP contribution is 2.31. The van der Waals surface area contributed by atoms with Crippen molar-refractivity contribution in [1.82, 2.24) is 9.80 Å². The molecule has 1 fully saturated rings. The minimum atomic E-state index is 0.0418. The van der Waals surface area contributed by atoms with Gasteiger partial charge in [0.25, 0.3) is 5.91 Å². The van der Waals surface area contributed by atoms with Crippen molar-refractivity contribution in [2.45, 2.75) is 32.4 Å². The number of benzene rings is 2. The van der Waals surface area contributed by atoms with Crippen molar-refractivity contribution >= 4 is 5.91 Å². The molecule has 28 heavy (non-hydrogen) atoms. The number of para-hydroxylation sites is 1. The van der Waals surface area contributed by atoms with E-state index in [1.54, 1.807) is 0 Å². The normalized spacial score (nSPS) is 17.8. The fourth-order valence-electron chi connectivity index (χ4n) is 3.66. The van der Waals surface area contributed by atoms with Crippen molar-refractivity contribution in [1.29, 1.82) is 0 Å². The number of piperazine rings is 1. The van der Waals surface area contributed by atoms with E-state index in [9.17, 15) is 9.90 Å². The molecule has 1 aliphatic heterocycles. The van der Waals surface area contributed by atoms with Crippen LogP contribution in [0.3, 0.4) is 0 Å². The third-order valence-electron chi connectivity index (χ3n) is 5.20. The summed E-state index contributed by atoms with van der Waals surface area (Å²) in [5.41, 5.74) is 2.65. The third kappa shape index (κ3) is 4.72. The van der Waals surface area contributed by atoms with E-state index in [0.717, 1.165) is 23.4 Å². The molecule has 0 spiro atoms. The van der Waals surface area contributed by atoms with Gasteiger partial charge in [-0.15, -0.1) is 0 Å². The van der Waals surface area contributed by atoms with Crippen LogP contribution in [-0.2, 0) is 0 Å². The van der Waals surface area contributed by atoms with Crippen LogP contribution in [0.5, 0.6) is 5.75 Å². The lowest BCUT2D eigenvalue weighted by atomic mass is 10.0. The predicted molar refractivity (Wildman–Crippen MR) is 112 cm³/mol. The van der Waals surface area contributed by atoms with Crippen molar-refractivity contribution in [3.8, 4) is 16.9 Å². The van der Waals surface area contributed by atoms with Crippen LogP contribution in [0.15, 0.2) is 48.5 Å². The number of likely N-dealkylation sites (N-methyl/N-ethyl adjacent to an activating group) is 1. The highest BCUT2D eigenvalue weighted by Gasteiger charge is 2.27. The highest BCUT2D eigenvalue weighted by atomic mass is 16.5. The number of carbonyl (C=O) groups excluding carboxylic acids is 1. The van der Waals surface area contributed by atoms with Gasteiger partial charge in [0.1, 0.15) is 5.75 Å². The summed E-state index contributed by atoms with van der Waals surface area (Å²) in [5.74, 6) is 0.866. The first-order valence-electron chi connectivity index (χ1n) is 9.96. The lowest BCUT2D eigenvalue weighted by Crippen LogP contribution is -2.53. The average Bonchev–Trinajstić information content (AvgIpc) is 2.69. The first-order valence-corrected chi connectivity index (χ1v) is 9.96. The molecule has 0 radical (unpaired) electrons. The summed E-state index contributed by atoms with van der Waals surface area (Å²) in [4.78, 5) is 17.2. The number of aliphatic hydroxyl groups is 1. The number of amides is 1. The minimum absolute atomic E-state index is 0.0418. The van der Waals surface area contributed by atoms with E-state index in [-0.39, 0.29) is 24.7 Å². The second-order valence-corrected chi connectivity index (χ2v) is 7.64. The second kappa shape index (κ2) is 9.22. The highest BCUT2D eigenvalue weighted by molar-refractivity contribution is 5.95. The first kappa shape index (κ1) is 20.4. The number of ether oxygens (including phenoxy) is 1. The minimum Gasteiger partial charge on any atom is -0.490 e. The maximum Gasteiger partial charge on any atom is 0.253 e. The molecule has 5 nitrogen and oxygen atoms in total. The molecule has 150 valence electrons. The van der Waals surface area contributed by atoms with E-state index >= 15 is 0 Å². The molecule has 2 aromatic carbocycles. The van der Waals surface area contributed by atoms with Crippen LogP contribution in [0.25, 0.3) is 11.1 Å². The molecule has 1 amide bonds. The fraction of sp³-hybridized carbons (Fsp3) is 0.435. The van der Waals surface area contributed by atoms with Gasteiger partial charge in [0.05, 0.1) is 6.10 Å². The summed E-state index contributed by atoms with van der Waals surface area (Å²) in [7, 11) is 2.05.